The Morgan fingerprint density at radius 3 is 2.59 bits per heavy atom. The molecule has 1 amide bonds. The van der Waals surface area contributed by atoms with Gasteiger partial charge in [0.15, 0.2) is 0 Å². The van der Waals surface area contributed by atoms with Crippen LogP contribution in [0, 0.1) is 0 Å². The zero-order chi connectivity index (χ0) is 15.9. The van der Waals surface area contributed by atoms with Crippen LogP contribution in [-0.4, -0.2) is 27.6 Å². The Kier molecular flexibility index (Phi) is 5.41. The molecule has 0 radical (unpaired) electrons. The van der Waals surface area contributed by atoms with E-state index in [0.29, 0.717) is 17.9 Å². The third kappa shape index (κ3) is 3.78. The van der Waals surface area contributed by atoms with Crippen LogP contribution in [0.3, 0.4) is 0 Å². The van der Waals surface area contributed by atoms with Crippen LogP contribution < -0.4 is 10.1 Å². The molecule has 0 aliphatic rings. The maximum absolute atomic E-state index is 11.8. The number of carbonyl (C=O) groups excluding carboxylic acids is 1. The first kappa shape index (κ1) is 15.9. The van der Waals surface area contributed by atoms with Crippen molar-refractivity contribution in [2.75, 3.05) is 6.54 Å². The number of aromatic nitrogens is 3. The Labute approximate surface area is 129 Å². The van der Waals surface area contributed by atoms with E-state index in [1.54, 1.807) is 24.3 Å². The van der Waals surface area contributed by atoms with Gasteiger partial charge in [-0.3, -0.25) is 4.79 Å². The Bertz CT molecular complexity index is 658. The fraction of sp³-hybridized carbons (Fsp3) is 0.375. The van der Waals surface area contributed by atoms with Crippen LogP contribution in [0.1, 0.15) is 42.5 Å². The molecule has 1 heterocycles. The van der Waals surface area contributed by atoms with Crippen LogP contribution in [0.4, 0.5) is 0 Å². The highest BCUT2D eigenvalue weighted by Gasteiger charge is 2.10. The minimum atomic E-state index is -0.137. The molecule has 2 aromatic rings. The smallest absolute Gasteiger partial charge is 0.341 e. The summed E-state index contributed by atoms with van der Waals surface area (Å²) >= 11 is 0. The van der Waals surface area contributed by atoms with E-state index in [2.05, 4.69) is 20.5 Å². The summed E-state index contributed by atoms with van der Waals surface area (Å²) in [4.78, 5) is 16.2. The average Bonchev–Trinajstić information content (AvgIpc) is 2.55. The van der Waals surface area contributed by atoms with E-state index in [9.17, 15) is 4.79 Å². The molecule has 6 heteroatoms. The van der Waals surface area contributed by atoms with Crippen molar-refractivity contribution in [3.63, 3.8) is 0 Å². The largest absolute Gasteiger partial charge is 0.423 e. The summed E-state index contributed by atoms with van der Waals surface area (Å²) in [6, 6.07) is 7.10. The van der Waals surface area contributed by atoms with Crippen LogP contribution >= 0.6 is 0 Å². The summed E-state index contributed by atoms with van der Waals surface area (Å²) in [5.74, 6) is 0.374. The summed E-state index contributed by atoms with van der Waals surface area (Å²) in [5, 5.41) is 10.9. The lowest BCUT2D eigenvalue weighted by Gasteiger charge is -2.08. The molecular weight excluding hydrogens is 280 g/mol. The minimum Gasteiger partial charge on any atom is -0.423 e. The van der Waals surface area contributed by atoms with Crippen molar-refractivity contribution in [3.8, 4) is 11.8 Å². The highest BCUT2D eigenvalue weighted by atomic mass is 16.5. The number of nitrogens with zero attached hydrogens (tertiary/aromatic N) is 3. The predicted molar refractivity (Wildman–Crippen MR) is 83.1 cm³/mol. The zero-order valence-corrected chi connectivity index (χ0v) is 13.1. The summed E-state index contributed by atoms with van der Waals surface area (Å²) < 4.78 is 5.62. The maximum atomic E-state index is 11.8. The molecule has 22 heavy (non-hydrogen) atoms. The quantitative estimate of drug-likeness (QED) is 0.887. The van der Waals surface area contributed by atoms with Gasteiger partial charge in [0.25, 0.3) is 5.91 Å². The predicted octanol–water partition coefficient (Wildman–Crippen LogP) is 2.54. The van der Waals surface area contributed by atoms with Gasteiger partial charge in [-0.1, -0.05) is 25.0 Å². The van der Waals surface area contributed by atoms with Crippen molar-refractivity contribution < 1.29 is 9.53 Å². The number of nitrogens with one attached hydrogen (secondary N) is 1. The Morgan fingerprint density at radius 2 is 1.91 bits per heavy atom. The lowest BCUT2D eigenvalue weighted by atomic mass is 10.2. The molecule has 0 saturated carbocycles. The number of rotatable bonds is 6. The third-order valence-corrected chi connectivity index (χ3v) is 3.13. The molecular formula is C16H20N4O2. The van der Waals surface area contributed by atoms with Crippen molar-refractivity contribution in [2.24, 2.45) is 0 Å². The topological polar surface area (TPSA) is 77.0 Å². The standard InChI is InChI=1S/C16H20N4O2/c1-4-13-14(5-2)19-20-16(18-13)22-12-9-7-8-11(10-12)15(21)17-6-3/h7-10H,4-6H2,1-3H3,(H,17,21). The fourth-order valence-corrected chi connectivity index (χ4v) is 2.03. The van der Waals surface area contributed by atoms with Crippen LogP contribution in [0.15, 0.2) is 24.3 Å². The van der Waals surface area contributed by atoms with Crippen LogP contribution in [0.2, 0.25) is 0 Å². The summed E-state index contributed by atoms with van der Waals surface area (Å²) in [5.41, 5.74) is 2.30. The Hall–Kier alpha value is -2.50. The van der Waals surface area contributed by atoms with Gasteiger partial charge in [-0.05, 0) is 38.0 Å². The van der Waals surface area contributed by atoms with Gasteiger partial charge in [-0.25, -0.2) is 0 Å². The van der Waals surface area contributed by atoms with Gasteiger partial charge < -0.3 is 10.1 Å². The molecule has 0 aliphatic heterocycles. The van der Waals surface area contributed by atoms with Crippen LogP contribution in [0.25, 0.3) is 0 Å². The highest BCUT2D eigenvalue weighted by Crippen LogP contribution is 2.19. The zero-order valence-electron chi connectivity index (χ0n) is 13.1. The molecule has 0 aliphatic carbocycles. The number of hydrogen-bond acceptors (Lipinski definition) is 5. The van der Waals surface area contributed by atoms with Crippen molar-refractivity contribution in [3.05, 3.63) is 41.2 Å². The molecule has 2 rings (SSSR count). The summed E-state index contributed by atoms with van der Waals surface area (Å²) in [6.07, 6.45) is 1.56. The summed E-state index contributed by atoms with van der Waals surface area (Å²) in [7, 11) is 0. The first-order valence-electron chi connectivity index (χ1n) is 7.46. The molecule has 0 spiro atoms. The first-order chi connectivity index (χ1) is 10.7. The van der Waals surface area contributed by atoms with Gasteiger partial charge in [0.2, 0.25) is 0 Å². The third-order valence-electron chi connectivity index (χ3n) is 3.13. The van der Waals surface area contributed by atoms with Crippen LogP contribution in [0.5, 0.6) is 11.8 Å². The molecule has 0 bridgehead atoms. The van der Waals surface area contributed by atoms with E-state index in [-0.39, 0.29) is 11.9 Å². The van der Waals surface area contributed by atoms with E-state index in [4.69, 9.17) is 4.74 Å². The first-order valence-corrected chi connectivity index (χ1v) is 7.46. The number of aryl methyl sites for hydroxylation is 2. The van der Waals surface area contributed by atoms with E-state index >= 15 is 0 Å². The molecule has 1 aromatic carbocycles. The van der Waals surface area contributed by atoms with E-state index in [1.807, 2.05) is 20.8 Å². The van der Waals surface area contributed by atoms with Gasteiger partial charge in [-0.2, -0.15) is 4.98 Å². The van der Waals surface area contributed by atoms with Gasteiger partial charge >= 0.3 is 6.01 Å². The normalized spacial score (nSPS) is 10.3. The van der Waals surface area contributed by atoms with Gasteiger partial charge in [0, 0.05) is 12.1 Å². The molecule has 1 aromatic heterocycles. The fourth-order valence-electron chi connectivity index (χ4n) is 2.03. The second kappa shape index (κ2) is 7.49. The number of benzene rings is 1. The molecule has 0 fully saturated rings. The monoisotopic (exact) mass is 300 g/mol. The summed E-state index contributed by atoms with van der Waals surface area (Å²) in [6.45, 7) is 6.48. The highest BCUT2D eigenvalue weighted by molar-refractivity contribution is 5.94. The molecule has 1 N–H and O–H groups in total. The maximum Gasteiger partial charge on any atom is 0.341 e. The minimum absolute atomic E-state index is 0.137. The molecule has 0 unspecified atom stereocenters. The van der Waals surface area contributed by atoms with Crippen molar-refractivity contribution in [1.29, 1.82) is 0 Å². The Morgan fingerprint density at radius 1 is 1.14 bits per heavy atom. The number of hydrogen-bond donors (Lipinski definition) is 1. The Balaban J connectivity index is 2.20. The second-order valence-corrected chi connectivity index (χ2v) is 4.68. The molecule has 0 atom stereocenters. The van der Waals surface area contributed by atoms with E-state index in [0.717, 1.165) is 24.2 Å². The second-order valence-electron chi connectivity index (χ2n) is 4.68. The van der Waals surface area contributed by atoms with E-state index in [1.165, 1.54) is 0 Å². The number of ether oxygens (including phenoxy) is 1. The molecule has 116 valence electrons. The van der Waals surface area contributed by atoms with E-state index < -0.39 is 0 Å². The molecule has 0 saturated heterocycles. The van der Waals surface area contributed by atoms with Crippen LogP contribution in [-0.2, 0) is 12.8 Å². The average molecular weight is 300 g/mol. The van der Waals surface area contributed by atoms with Crippen molar-refractivity contribution in [1.82, 2.24) is 20.5 Å². The number of carbonyl (C=O) groups is 1. The lowest BCUT2D eigenvalue weighted by molar-refractivity contribution is 0.0955. The SMILES string of the molecule is CCNC(=O)c1cccc(Oc2nnc(CC)c(CC)n2)c1. The molecule has 6 nitrogen and oxygen atoms in total. The lowest BCUT2D eigenvalue weighted by Crippen LogP contribution is -2.22. The van der Waals surface area contributed by atoms with Gasteiger partial charge in [0.05, 0.1) is 11.4 Å². The van der Waals surface area contributed by atoms with Gasteiger partial charge in [-0.15, -0.1) is 5.10 Å². The van der Waals surface area contributed by atoms with Gasteiger partial charge in [0.1, 0.15) is 5.75 Å². The van der Waals surface area contributed by atoms with Crippen molar-refractivity contribution >= 4 is 5.91 Å². The number of amides is 1. The van der Waals surface area contributed by atoms with Crippen molar-refractivity contribution in [2.45, 2.75) is 33.6 Å².